The molecular weight excluding hydrogens is 282 g/mol. The van der Waals surface area contributed by atoms with Crippen molar-refractivity contribution >= 4 is 21.4 Å². The zero-order valence-electron chi connectivity index (χ0n) is 11.9. The van der Waals surface area contributed by atoms with Gasteiger partial charge in [0.05, 0.1) is 11.5 Å². The Labute approximate surface area is 119 Å². The normalized spacial score (nSPS) is 15.4. The second-order valence-electron chi connectivity index (χ2n) is 5.06. The SMILES string of the molecule is CCC(C)CC(C)NS(=O)(=O)c1cc(CO)sc1C. The van der Waals surface area contributed by atoms with Crippen LogP contribution >= 0.6 is 11.3 Å². The quantitative estimate of drug-likeness (QED) is 0.814. The van der Waals surface area contributed by atoms with E-state index in [4.69, 9.17) is 5.11 Å². The fraction of sp³-hybridized carbons (Fsp3) is 0.692. The minimum absolute atomic E-state index is 0.0863. The Morgan fingerprint density at radius 1 is 1.42 bits per heavy atom. The topological polar surface area (TPSA) is 66.4 Å². The number of nitrogens with one attached hydrogen (secondary N) is 1. The highest BCUT2D eigenvalue weighted by molar-refractivity contribution is 7.89. The molecule has 19 heavy (non-hydrogen) atoms. The van der Waals surface area contributed by atoms with E-state index in [-0.39, 0.29) is 17.5 Å². The first-order valence-electron chi connectivity index (χ1n) is 6.52. The Bertz CT molecular complexity index is 508. The van der Waals surface area contributed by atoms with E-state index in [1.165, 1.54) is 11.3 Å². The lowest BCUT2D eigenvalue weighted by atomic mass is 10.0. The van der Waals surface area contributed by atoms with E-state index in [1.54, 1.807) is 13.0 Å². The van der Waals surface area contributed by atoms with Crippen LogP contribution in [0, 0.1) is 12.8 Å². The standard InChI is InChI=1S/C13H23NO3S2/c1-5-9(2)6-10(3)14-19(16,17)13-7-12(8-15)18-11(13)4/h7,9-10,14-15H,5-6,8H2,1-4H3. The van der Waals surface area contributed by atoms with Crippen molar-refractivity contribution in [2.24, 2.45) is 5.92 Å². The van der Waals surface area contributed by atoms with Crippen molar-refractivity contribution in [3.8, 4) is 0 Å². The van der Waals surface area contributed by atoms with Crippen LogP contribution in [0.2, 0.25) is 0 Å². The molecule has 6 heteroatoms. The molecule has 0 aliphatic rings. The largest absolute Gasteiger partial charge is 0.391 e. The van der Waals surface area contributed by atoms with Gasteiger partial charge in [0.15, 0.2) is 0 Å². The van der Waals surface area contributed by atoms with E-state index in [2.05, 4.69) is 18.6 Å². The summed E-state index contributed by atoms with van der Waals surface area (Å²) < 4.78 is 27.3. The predicted octanol–water partition coefficient (Wildman–Crippen LogP) is 2.65. The molecule has 110 valence electrons. The predicted molar refractivity (Wildman–Crippen MR) is 78.8 cm³/mol. The summed E-state index contributed by atoms with van der Waals surface area (Å²) in [5.41, 5.74) is 0. The van der Waals surface area contributed by atoms with Crippen LogP contribution in [-0.4, -0.2) is 19.6 Å². The molecule has 1 heterocycles. The molecule has 1 aromatic heterocycles. The van der Waals surface area contributed by atoms with E-state index in [0.29, 0.717) is 15.7 Å². The summed E-state index contributed by atoms with van der Waals surface area (Å²) in [7, 11) is -3.48. The highest BCUT2D eigenvalue weighted by atomic mass is 32.2. The van der Waals surface area contributed by atoms with Crippen LogP contribution in [0.25, 0.3) is 0 Å². The molecule has 0 spiro atoms. The van der Waals surface area contributed by atoms with Gasteiger partial charge >= 0.3 is 0 Å². The molecule has 0 saturated heterocycles. The second-order valence-corrected chi connectivity index (χ2v) is 8.09. The minimum atomic E-state index is -3.48. The molecule has 0 fully saturated rings. The molecular formula is C13H23NO3S2. The third-order valence-electron chi connectivity index (χ3n) is 3.18. The number of aryl methyl sites for hydroxylation is 1. The van der Waals surface area contributed by atoms with E-state index in [1.807, 2.05) is 6.92 Å². The van der Waals surface area contributed by atoms with E-state index < -0.39 is 10.0 Å². The van der Waals surface area contributed by atoms with Gasteiger partial charge in [-0.05, 0) is 32.3 Å². The minimum Gasteiger partial charge on any atom is -0.391 e. The van der Waals surface area contributed by atoms with Gasteiger partial charge in [-0.15, -0.1) is 11.3 Å². The van der Waals surface area contributed by atoms with Crippen LogP contribution in [0.4, 0.5) is 0 Å². The summed E-state index contributed by atoms with van der Waals surface area (Å²) in [6.45, 7) is 7.74. The molecule has 0 amide bonds. The van der Waals surface area contributed by atoms with Gasteiger partial charge in [0.1, 0.15) is 0 Å². The molecule has 1 rings (SSSR count). The van der Waals surface area contributed by atoms with Crippen LogP contribution in [0.15, 0.2) is 11.0 Å². The maximum Gasteiger partial charge on any atom is 0.241 e. The number of thiophene rings is 1. The fourth-order valence-electron chi connectivity index (χ4n) is 2.02. The lowest BCUT2D eigenvalue weighted by molar-refractivity contribution is 0.285. The first kappa shape index (κ1) is 16.6. The number of rotatable bonds is 7. The van der Waals surface area contributed by atoms with Gasteiger partial charge < -0.3 is 5.11 Å². The first-order valence-corrected chi connectivity index (χ1v) is 8.82. The van der Waals surface area contributed by atoms with Crippen LogP contribution in [0.1, 0.15) is 43.4 Å². The zero-order valence-corrected chi connectivity index (χ0v) is 13.6. The summed E-state index contributed by atoms with van der Waals surface area (Å²) in [4.78, 5) is 1.68. The van der Waals surface area contributed by atoms with Gasteiger partial charge in [-0.25, -0.2) is 13.1 Å². The lowest BCUT2D eigenvalue weighted by Crippen LogP contribution is -2.33. The molecule has 0 aliphatic heterocycles. The summed E-state index contributed by atoms with van der Waals surface area (Å²) in [6.07, 6.45) is 1.87. The van der Waals surface area contributed by atoms with Gasteiger partial charge in [0.25, 0.3) is 0 Å². The summed E-state index contributed by atoms with van der Waals surface area (Å²) in [5.74, 6) is 0.495. The van der Waals surface area contributed by atoms with E-state index >= 15 is 0 Å². The van der Waals surface area contributed by atoms with Crippen LogP contribution < -0.4 is 4.72 Å². The second kappa shape index (κ2) is 6.83. The number of aliphatic hydroxyl groups is 1. The Morgan fingerprint density at radius 3 is 2.53 bits per heavy atom. The van der Waals surface area contributed by atoms with Gasteiger partial charge in [-0.1, -0.05) is 20.3 Å². The smallest absolute Gasteiger partial charge is 0.241 e. The van der Waals surface area contributed by atoms with Gasteiger partial charge in [-0.3, -0.25) is 0 Å². The molecule has 0 aliphatic carbocycles. The molecule has 4 nitrogen and oxygen atoms in total. The van der Waals surface area contributed by atoms with Crippen LogP contribution in [-0.2, 0) is 16.6 Å². The van der Waals surface area contributed by atoms with Gasteiger partial charge in [0, 0.05) is 15.8 Å². The van der Waals surface area contributed by atoms with Crippen molar-refractivity contribution < 1.29 is 13.5 Å². The third-order valence-corrected chi connectivity index (χ3v) is 6.06. The number of sulfonamides is 1. The molecule has 2 atom stereocenters. The van der Waals surface area contributed by atoms with Crippen molar-refractivity contribution in [2.45, 2.75) is 58.1 Å². The van der Waals surface area contributed by atoms with E-state index in [0.717, 1.165) is 12.8 Å². The van der Waals surface area contributed by atoms with Crippen molar-refractivity contribution in [3.05, 3.63) is 15.8 Å². The zero-order chi connectivity index (χ0) is 14.6. The highest BCUT2D eigenvalue weighted by Gasteiger charge is 2.22. The third kappa shape index (κ3) is 4.56. The number of hydrogen-bond donors (Lipinski definition) is 2. The average Bonchev–Trinajstić information content (AvgIpc) is 2.70. The molecule has 0 radical (unpaired) electrons. The highest BCUT2D eigenvalue weighted by Crippen LogP contribution is 2.26. The lowest BCUT2D eigenvalue weighted by Gasteiger charge is -2.17. The fourth-order valence-corrected chi connectivity index (χ4v) is 4.77. The maximum absolute atomic E-state index is 12.3. The van der Waals surface area contributed by atoms with Crippen LogP contribution in [0.3, 0.4) is 0 Å². The number of hydrogen-bond acceptors (Lipinski definition) is 4. The summed E-state index contributed by atoms with van der Waals surface area (Å²) >= 11 is 1.32. The Kier molecular flexibility index (Phi) is 5.98. The molecule has 1 aromatic rings. The Hall–Kier alpha value is -0.430. The van der Waals surface area contributed by atoms with Crippen LogP contribution in [0.5, 0.6) is 0 Å². The molecule has 0 aromatic carbocycles. The average molecular weight is 305 g/mol. The Morgan fingerprint density at radius 2 is 2.05 bits per heavy atom. The molecule has 2 unspecified atom stereocenters. The van der Waals surface area contributed by atoms with Gasteiger partial charge in [-0.2, -0.15) is 0 Å². The maximum atomic E-state index is 12.3. The van der Waals surface area contributed by atoms with Crippen molar-refractivity contribution in [2.75, 3.05) is 0 Å². The summed E-state index contributed by atoms with van der Waals surface area (Å²) in [6, 6.07) is 1.47. The van der Waals surface area contributed by atoms with Gasteiger partial charge in [0.2, 0.25) is 10.0 Å². The van der Waals surface area contributed by atoms with Crippen molar-refractivity contribution in [1.82, 2.24) is 4.72 Å². The van der Waals surface area contributed by atoms with Crippen molar-refractivity contribution in [3.63, 3.8) is 0 Å². The monoisotopic (exact) mass is 305 g/mol. The first-order chi connectivity index (χ1) is 8.80. The summed E-state index contributed by atoms with van der Waals surface area (Å²) in [5, 5.41) is 9.07. The van der Waals surface area contributed by atoms with Crippen molar-refractivity contribution in [1.29, 1.82) is 0 Å². The molecule has 0 bridgehead atoms. The van der Waals surface area contributed by atoms with E-state index in [9.17, 15) is 8.42 Å². The number of aliphatic hydroxyl groups excluding tert-OH is 1. The molecule has 2 N–H and O–H groups in total. The Balaban J connectivity index is 2.83. The molecule has 0 saturated carbocycles.